The average Bonchev–Trinajstić information content (AvgIpc) is 3.14. The van der Waals surface area contributed by atoms with Crippen molar-refractivity contribution in [1.82, 2.24) is 5.32 Å². The van der Waals surface area contributed by atoms with Crippen LogP contribution in [0.2, 0.25) is 0 Å². The molecule has 0 saturated heterocycles. The highest BCUT2D eigenvalue weighted by Crippen LogP contribution is 2.50. The number of benzene rings is 2. The van der Waals surface area contributed by atoms with E-state index in [1.165, 1.54) is 7.11 Å². The van der Waals surface area contributed by atoms with Crippen LogP contribution in [0.1, 0.15) is 48.2 Å². The van der Waals surface area contributed by atoms with Crippen molar-refractivity contribution in [2.45, 2.75) is 26.7 Å². The zero-order valence-electron chi connectivity index (χ0n) is 20.4. The summed E-state index contributed by atoms with van der Waals surface area (Å²) in [7, 11) is 1.31. The largest absolute Gasteiger partial charge is 0.490 e. The van der Waals surface area contributed by atoms with Gasteiger partial charge in [-0.05, 0) is 38.5 Å². The fourth-order valence-electron chi connectivity index (χ4n) is 4.51. The summed E-state index contributed by atoms with van der Waals surface area (Å²) < 4.78 is 22.1. The van der Waals surface area contributed by atoms with Crippen LogP contribution in [0.3, 0.4) is 0 Å². The number of carbonyl (C=O) groups is 3. The molecule has 9 heteroatoms. The van der Waals surface area contributed by atoms with Gasteiger partial charge in [0.05, 0.1) is 37.5 Å². The molecule has 8 nitrogen and oxygen atoms in total. The predicted octanol–water partition coefficient (Wildman–Crippen LogP) is 4.53. The molecular weight excluding hydrogens is 530 g/mol. The highest BCUT2D eigenvalue weighted by molar-refractivity contribution is 9.10. The predicted molar refractivity (Wildman–Crippen MR) is 136 cm³/mol. The first kappa shape index (κ1) is 25.5. The molecule has 2 aromatic carbocycles. The number of nitrogens with one attached hydrogen (secondary N) is 1. The third kappa shape index (κ3) is 4.51. The third-order valence-electron chi connectivity index (χ3n) is 5.98. The van der Waals surface area contributed by atoms with E-state index in [2.05, 4.69) is 21.2 Å². The van der Waals surface area contributed by atoms with Gasteiger partial charge in [0.2, 0.25) is 0 Å². The van der Waals surface area contributed by atoms with Gasteiger partial charge in [0.15, 0.2) is 23.9 Å². The minimum Gasteiger partial charge on any atom is -0.490 e. The van der Waals surface area contributed by atoms with Gasteiger partial charge in [-0.25, -0.2) is 9.59 Å². The smallest absolute Gasteiger partial charge is 0.344 e. The van der Waals surface area contributed by atoms with Crippen LogP contribution in [0, 0.1) is 0 Å². The van der Waals surface area contributed by atoms with Crippen molar-refractivity contribution in [2.24, 2.45) is 0 Å². The number of hydrogen-bond donors (Lipinski definition) is 1. The summed E-state index contributed by atoms with van der Waals surface area (Å²) in [6, 6.07) is 10.7. The van der Waals surface area contributed by atoms with Crippen molar-refractivity contribution in [3.63, 3.8) is 0 Å². The lowest BCUT2D eigenvalue weighted by molar-refractivity contribution is -0.145. The Balaban J connectivity index is 1.86. The van der Waals surface area contributed by atoms with E-state index >= 15 is 0 Å². The molecule has 4 rings (SSSR count). The van der Waals surface area contributed by atoms with Crippen LogP contribution in [-0.4, -0.2) is 44.7 Å². The highest BCUT2D eigenvalue weighted by atomic mass is 79.9. The number of hydrogen-bond acceptors (Lipinski definition) is 8. The number of esters is 2. The molecule has 1 heterocycles. The van der Waals surface area contributed by atoms with Crippen LogP contribution >= 0.6 is 15.9 Å². The fourth-order valence-corrected chi connectivity index (χ4v) is 5.06. The van der Waals surface area contributed by atoms with E-state index in [-0.39, 0.29) is 19.0 Å². The molecule has 1 aliphatic heterocycles. The Morgan fingerprint density at radius 2 is 1.72 bits per heavy atom. The maximum atomic E-state index is 13.6. The summed E-state index contributed by atoms with van der Waals surface area (Å²) in [5, 5.41) is 3.26. The minimum absolute atomic E-state index is 0.167. The van der Waals surface area contributed by atoms with Gasteiger partial charge in [0.1, 0.15) is 0 Å². The Kier molecular flexibility index (Phi) is 7.49. The number of carbonyl (C=O) groups excluding carboxylic acids is 3. The van der Waals surface area contributed by atoms with Crippen molar-refractivity contribution in [1.29, 1.82) is 0 Å². The van der Waals surface area contributed by atoms with Gasteiger partial charge >= 0.3 is 11.9 Å². The quantitative estimate of drug-likeness (QED) is 0.474. The van der Waals surface area contributed by atoms with Gasteiger partial charge in [-0.2, -0.15) is 0 Å². The van der Waals surface area contributed by atoms with Gasteiger partial charge in [-0.1, -0.05) is 40.2 Å². The Morgan fingerprint density at radius 1 is 1.03 bits per heavy atom. The first-order chi connectivity index (χ1) is 17.3. The van der Waals surface area contributed by atoms with Crippen LogP contribution in [0.5, 0.6) is 11.5 Å². The number of Topliss-reactive ketones (excluding diaryl/α,β-unsaturated/α-hetero) is 1. The number of methoxy groups -OCH3 is 1. The average molecular weight is 556 g/mol. The van der Waals surface area contributed by atoms with Crippen molar-refractivity contribution in [2.75, 3.05) is 26.9 Å². The van der Waals surface area contributed by atoms with E-state index in [1.807, 2.05) is 25.1 Å². The first-order valence-electron chi connectivity index (χ1n) is 11.5. The monoisotopic (exact) mass is 555 g/mol. The molecule has 0 fully saturated rings. The molecule has 0 amide bonds. The number of allylic oxidation sites excluding steroid dienone is 2. The van der Waals surface area contributed by atoms with E-state index in [0.29, 0.717) is 56.2 Å². The lowest BCUT2D eigenvalue weighted by atomic mass is 9.79. The van der Waals surface area contributed by atoms with Crippen molar-refractivity contribution in [3.8, 4) is 11.5 Å². The van der Waals surface area contributed by atoms with Crippen LogP contribution in [0.15, 0.2) is 57.7 Å². The summed E-state index contributed by atoms with van der Waals surface area (Å²) in [4.78, 5) is 38.4. The zero-order valence-corrected chi connectivity index (χ0v) is 22.0. The maximum Gasteiger partial charge on any atom is 0.344 e. The molecule has 0 saturated carbocycles. The van der Waals surface area contributed by atoms with Crippen molar-refractivity contribution in [3.05, 3.63) is 74.4 Å². The molecule has 0 spiro atoms. The van der Waals surface area contributed by atoms with Crippen molar-refractivity contribution >= 4 is 39.3 Å². The van der Waals surface area contributed by atoms with Crippen LogP contribution in [0.4, 0.5) is 0 Å². The maximum absolute atomic E-state index is 13.6. The molecule has 2 aromatic rings. The summed E-state index contributed by atoms with van der Waals surface area (Å²) in [6.07, 6.45) is 0. The zero-order chi connectivity index (χ0) is 26.0. The second-order valence-corrected chi connectivity index (χ2v) is 8.95. The Morgan fingerprint density at radius 3 is 2.39 bits per heavy atom. The van der Waals surface area contributed by atoms with Gasteiger partial charge in [-0.3, -0.25) is 4.79 Å². The number of fused-ring (bicyclic) bond motifs is 2. The minimum atomic E-state index is -0.735. The molecule has 188 valence electrons. The first-order valence-corrected chi connectivity index (χ1v) is 12.3. The summed E-state index contributed by atoms with van der Waals surface area (Å²) >= 11 is 3.60. The number of ketones is 1. The second kappa shape index (κ2) is 10.6. The van der Waals surface area contributed by atoms with Crippen LogP contribution in [-0.2, 0) is 19.1 Å². The lowest BCUT2D eigenvalue weighted by Crippen LogP contribution is -2.29. The van der Waals surface area contributed by atoms with E-state index in [9.17, 15) is 14.4 Å². The number of ether oxygens (including phenoxy) is 4. The van der Waals surface area contributed by atoms with E-state index in [0.717, 1.165) is 5.56 Å². The Labute approximate surface area is 217 Å². The molecule has 2 aliphatic rings. The molecule has 0 aromatic heterocycles. The van der Waals surface area contributed by atoms with Gasteiger partial charge in [-0.15, -0.1) is 0 Å². The summed E-state index contributed by atoms with van der Waals surface area (Å²) in [5.41, 5.74) is 3.99. The third-order valence-corrected chi connectivity index (χ3v) is 6.67. The molecule has 0 unspecified atom stereocenters. The van der Waals surface area contributed by atoms with E-state index in [1.54, 1.807) is 32.0 Å². The molecule has 36 heavy (non-hydrogen) atoms. The van der Waals surface area contributed by atoms with Crippen molar-refractivity contribution < 1.29 is 33.3 Å². The topological polar surface area (TPSA) is 100 Å². The summed E-state index contributed by atoms with van der Waals surface area (Å²) in [6.45, 7) is 5.61. The molecule has 0 bridgehead atoms. The molecule has 0 radical (unpaired) electrons. The normalized spacial score (nSPS) is 16.2. The molecule has 1 atom stereocenters. The Bertz CT molecular complexity index is 1310. The number of rotatable bonds is 8. The molecule has 1 N–H and O–H groups in total. The lowest BCUT2D eigenvalue weighted by Gasteiger charge is -2.30. The van der Waals surface area contributed by atoms with Gasteiger partial charge < -0.3 is 24.3 Å². The SMILES string of the molecule is CCOC(=O)COc1cc(Br)c([C@H]2C(C(=O)OC)=C(C)NC3=C2C(=O)c2ccccc23)cc1OCC. The van der Waals surface area contributed by atoms with E-state index in [4.69, 9.17) is 18.9 Å². The second-order valence-electron chi connectivity index (χ2n) is 8.10. The standard InChI is InChI=1S/C27H26BrNO7/c1-5-34-19-11-17(18(28)12-20(19)36-13-21(30)35-6-2)23-22(27(32)33-4)14(3)29-25-15-9-7-8-10-16(15)26(31)24(23)25/h7-12,23,29H,5-6,13H2,1-4H3/t23-/m0/s1. The van der Waals surface area contributed by atoms with E-state index < -0.39 is 17.9 Å². The van der Waals surface area contributed by atoms with Gasteiger partial charge in [0.25, 0.3) is 0 Å². The van der Waals surface area contributed by atoms with Gasteiger partial charge in [0, 0.05) is 26.9 Å². The Hall–Kier alpha value is -3.59. The number of halogens is 1. The summed E-state index contributed by atoms with van der Waals surface area (Å²) in [5.74, 6) is -1.27. The molecular formula is C27H26BrNO7. The molecule has 1 aliphatic carbocycles. The van der Waals surface area contributed by atoms with Crippen LogP contribution in [0.25, 0.3) is 5.70 Å². The fraction of sp³-hybridized carbons (Fsp3) is 0.296. The number of dihydropyridines is 1. The highest BCUT2D eigenvalue weighted by Gasteiger charge is 2.43. The van der Waals surface area contributed by atoms with Crippen LogP contribution < -0.4 is 14.8 Å².